The van der Waals surface area contributed by atoms with Crippen molar-refractivity contribution in [3.05, 3.63) is 47.3 Å². The van der Waals surface area contributed by atoms with Crippen molar-refractivity contribution >= 4 is 17.5 Å². The van der Waals surface area contributed by atoms with Gasteiger partial charge < -0.3 is 24.8 Å². The van der Waals surface area contributed by atoms with Crippen molar-refractivity contribution < 1.29 is 14.1 Å². The number of carbonyl (C=O) groups excluding carboxylic acids is 1. The Bertz CT molecular complexity index is 1210. The molecule has 0 saturated carbocycles. The smallest absolute Gasteiger partial charge is 0.251 e. The third-order valence-electron chi connectivity index (χ3n) is 6.77. The molecule has 0 spiro atoms. The molecule has 1 amide bonds. The molecular weight excluding hydrogens is 432 g/mol. The van der Waals surface area contributed by atoms with Crippen LogP contribution in [0.25, 0.3) is 11.5 Å². The molecule has 0 radical (unpaired) electrons. The van der Waals surface area contributed by atoms with Crippen LogP contribution in [0.1, 0.15) is 48.2 Å². The summed E-state index contributed by atoms with van der Waals surface area (Å²) in [6.07, 6.45) is 6.33. The van der Waals surface area contributed by atoms with Crippen LogP contribution in [-0.2, 0) is 11.8 Å². The number of nitrogens with zero attached hydrogens (tertiary/aromatic N) is 4. The van der Waals surface area contributed by atoms with E-state index >= 15 is 0 Å². The Kier molecular flexibility index (Phi) is 5.73. The average molecular weight is 463 g/mol. The lowest BCUT2D eigenvalue weighted by molar-refractivity contribution is 0.0916. The summed E-state index contributed by atoms with van der Waals surface area (Å²) >= 11 is 0. The number of piperidine rings is 1. The fraction of sp³-hybridized carbons (Fsp3) is 0.440. The average Bonchev–Trinajstić information content (AvgIpc) is 3.28. The predicted octanol–water partition coefficient (Wildman–Crippen LogP) is 3.54. The van der Waals surface area contributed by atoms with E-state index < -0.39 is 0 Å². The number of rotatable bonds is 5. The molecule has 2 aromatic heterocycles. The third kappa shape index (κ3) is 4.23. The number of nitrogens with one attached hydrogen (secondary N) is 2. The summed E-state index contributed by atoms with van der Waals surface area (Å²) in [5, 5.41) is 10.3. The molecule has 34 heavy (non-hydrogen) atoms. The van der Waals surface area contributed by atoms with E-state index in [-0.39, 0.29) is 17.4 Å². The fourth-order valence-electron chi connectivity index (χ4n) is 4.74. The highest BCUT2D eigenvalue weighted by Crippen LogP contribution is 2.42. The molecule has 5 rings (SSSR count). The van der Waals surface area contributed by atoms with Crippen molar-refractivity contribution in [2.75, 3.05) is 32.6 Å². The quantitative estimate of drug-likeness (QED) is 0.593. The van der Waals surface area contributed by atoms with E-state index in [4.69, 9.17) is 14.2 Å². The number of anilines is 2. The maximum Gasteiger partial charge on any atom is 0.251 e. The number of benzene rings is 1. The van der Waals surface area contributed by atoms with Crippen LogP contribution >= 0.6 is 0 Å². The zero-order valence-corrected chi connectivity index (χ0v) is 20.0. The first-order chi connectivity index (χ1) is 16.3. The number of methoxy groups -OCH3 is 1. The van der Waals surface area contributed by atoms with E-state index in [9.17, 15) is 4.79 Å². The van der Waals surface area contributed by atoms with Crippen molar-refractivity contribution in [1.82, 2.24) is 25.3 Å². The highest BCUT2D eigenvalue weighted by Gasteiger charge is 2.35. The molecule has 0 atom stereocenters. The highest BCUT2D eigenvalue weighted by molar-refractivity contribution is 5.95. The SMILES string of the molecule is COc1cc(C(=O)NC2CCN(C)CC2)ccc1Nc1ncc2c(n1)-c1oncc1CC2(C)C. The molecule has 2 N–H and O–H groups in total. The molecule has 0 bridgehead atoms. The van der Waals surface area contributed by atoms with Crippen molar-refractivity contribution in [2.24, 2.45) is 0 Å². The van der Waals surface area contributed by atoms with Gasteiger partial charge in [-0.15, -0.1) is 0 Å². The Balaban J connectivity index is 1.36. The van der Waals surface area contributed by atoms with Gasteiger partial charge in [0.15, 0.2) is 5.76 Å². The summed E-state index contributed by atoms with van der Waals surface area (Å²) in [5.74, 6) is 1.55. The van der Waals surface area contributed by atoms with Crippen LogP contribution in [0.4, 0.5) is 11.6 Å². The van der Waals surface area contributed by atoms with Gasteiger partial charge in [-0.3, -0.25) is 4.79 Å². The molecule has 3 heterocycles. The number of amides is 1. The predicted molar refractivity (Wildman–Crippen MR) is 129 cm³/mol. The van der Waals surface area contributed by atoms with E-state index in [0.717, 1.165) is 49.2 Å². The fourth-order valence-corrected chi connectivity index (χ4v) is 4.74. The Hall–Kier alpha value is -3.46. The standard InChI is InChI=1S/C25H30N6O3/c1-25(2)12-16-13-27-34-22(16)21-18(25)14-26-24(30-21)29-19-6-5-15(11-20(19)33-4)23(32)28-17-7-9-31(3)10-8-17/h5-6,11,13-14,17H,7-10,12H2,1-4H3,(H,28,32)(H,26,29,30). The zero-order chi connectivity index (χ0) is 23.9. The van der Waals surface area contributed by atoms with E-state index in [1.165, 1.54) is 0 Å². The minimum atomic E-state index is -0.118. The lowest BCUT2D eigenvalue weighted by atomic mass is 9.75. The number of ether oxygens (including phenoxy) is 1. The monoisotopic (exact) mass is 462 g/mol. The maximum atomic E-state index is 12.8. The van der Waals surface area contributed by atoms with Gasteiger partial charge in [-0.1, -0.05) is 19.0 Å². The number of fused-ring (bicyclic) bond motifs is 3. The molecular formula is C25H30N6O3. The normalized spacial score (nSPS) is 17.5. The second-order valence-corrected chi connectivity index (χ2v) is 9.79. The molecule has 1 saturated heterocycles. The van der Waals surface area contributed by atoms with Gasteiger partial charge in [-0.25, -0.2) is 9.97 Å². The van der Waals surface area contributed by atoms with Gasteiger partial charge in [0.1, 0.15) is 11.4 Å². The summed E-state index contributed by atoms with van der Waals surface area (Å²) in [5.41, 5.74) is 3.92. The largest absolute Gasteiger partial charge is 0.495 e. The van der Waals surface area contributed by atoms with Crippen LogP contribution in [0.5, 0.6) is 5.75 Å². The number of hydrogen-bond acceptors (Lipinski definition) is 8. The Labute approximate surface area is 198 Å². The molecule has 1 aliphatic heterocycles. The number of hydrogen-bond donors (Lipinski definition) is 2. The van der Waals surface area contributed by atoms with Gasteiger partial charge >= 0.3 is 0 Å². The van der Waals surface area contributed by atoms with Crippen LogP contribution in [0.3, 0.4) is 0 Å². The second-order valence-electron chi connectivity index (χ2n) is 9.79. The third-order valence-corrected chi connectivity index (χ3v) is 6.77. The van der Waals surface area contributed by atoms with Crippen LogP contribution in [0.2, 0.25) is 0 Å². The highest BCUT2D eigenvalue weighted by atomic mass is 16.5. The van der Waals surface area contributed by atoms with Crippen LogP contribution in [0.15, 0.2) is 35.1 Å². The van der Waals surface area contributed by atoms with E-state index in [1.54, 1.807) is 25.4 Å². The Morgan fingerprint density at radius 3 is 2.79 bits per heavy atom. The first-order valence-electron chi connectivity index (χ1n) is 11.6. The number of aromatic nitrogens is 3. The Morgan fingerprint density at radius 1 is 1.24 bits per heavy atom. The Morgan fingerprint density at radius 2 is 2.03 bits per heavy atom. The van der Waals surface area contributed by atoms with E-state index in [1.807, 2.05) is 12.3 Å². The second kappa shape index (κ2) is 8.72. The van der Waals surface area contributed by atoms with Gasteiger partial charge in [0, 0.05) is 28.9 Å². The van der Waals surface area contributed by atoms with Gasteiger partial charge in [0.05, 0.1) is 19.0 Å². The zero-order valence-electron chi connectivity index (χ0n) is 20.0. The summed E-state index contributed by atoms with van der Waals surface area (Å²) in [7, 11) is 3.68. The molecule has 0 unspecified atom stereocenters. The molecule has 9 heteroatoms. The summed E-state index contributed by atoms with van der Waals surface area (Å²) in [6.45, 7) is 6.31. The van der Waals surface area contributed by atoms with E-state index in [0.29, 0.717) is 28.7 Å². The lowest BCUT2D eigenvalue weighted by Gasteiger charge is -2.30. The van der Waals surface area contributed by atoms with E-state index in [2.05, 4.69) is 46.6 Å². The first-order valence-corrected chi connectivity index (χ1v) is 11.6. The van der Waals surface area contributed by atoms with Gasteiger partial charge in [-0.05, 0) is 63.0 Å². The van der Waals surface area contributed by atoms with Crippen molar-refractivity contribution in [3.8, 4) is 17.2 Å². The van der Waals surface area contributed by atoms with Crippen molar-refractivity contribution in [2.45, 2.75) is 44.6 Å². The molecule has 1 fully saturated rings. The van der Waals surface area contributed by atoms with Gasteiger partial charge in [0.25, 0.3) is 5.91 Å². The number of likely N-dealkylation sites (tertiary alicyclic amines) is 1. The maximum absolute atomic E-state index is 12.8. The van der Waals surface area contributed by atoms with Crippen LogP contribution < -0.4 is 15.4 Å². The topological polar surface area (TPSA) is 105 Å². The van der Waals surface area contributed by atoms with Gasteiger partial charge in [0.2, 0.25) is 5.95 Å². The summed E-state index contributed by atoms with van der Waals surface area (Å²) in [6, 6.07) is 5.53. The first kappa shape index (κ1) is 22.3. The lowest BCUT2D eigenvalue weighted by Crippen LogP contribution is -2.43. The molecule has 9 nitrogen and oxygen atoms in total. The van der Waals surface area contributed by atoms with Crippen LogP contribution in [0, 0.1) is 0 Å². The minimum Gasteiger partial charge on any atom is -0.495 e. The van der Waals surface area contributed by atoms with Crippen molar-refractivity contribution in [3.63, 3.8) is 0 Å². The van der Waals surface area contributed by atoms with Gasteiger partial charge in [-0.2, -0.15) is 0 Å². The minimum absolute atomic E-state index is 0.0930. The van der Waals surface area contributed by atoms with Crippen LogP contribution in [-0.4, -0.2) is 59.2 Å². The molecule has 1 aliphatic carbocycles. The summed E-state index contributed by atoms with van der Waals surface area (Å²) in [4.78, 5) is 24.4. The van der Waals surface area contributed by atoms with Crippen molar-refractivity contribution in [1.29, 1.82) is 0 Å². The number of carbonyl (C=O) groups is 1. The molecule has 3 aromatic rings. The molecule has 1 aromatic carbocycles. The molecule has 2 aliphatic rings. The summed E-state index contributed by atoms with van der Waals surface area (Å²) < 4.78 is 11.1. The molecule has 178 valence electrons.